The van der Waals surface area contributed by atoms with Crippen LogP contribution in [0.5, 0.6) is 0 Å². The number of thioether (sulfide) groups is 1. The zero-order valence-corrected chi connectivity index (χ0v) is 18.3. The quantitative estimate of drug-likeness (QED) is 0.458. The van der Waals surface area contributed by atoms with Gasteiger partial charge in [-0.2, -0.15) is 0 Å². The molecule has 0 saturated carbocycles. The van der Waals surface area contributed by atoms with Crippen molar-refractivity contribution in [2.45, 2.75) is 12.2 Å². The molecule has 31 heavy (non-hydrogen) atoms. The van der Waals surface area contributed by atoms with Crippen molar-refractivity contribution in [3.8, 4) is 0 Å². The van der Waals surface area contributed by atoms with Crippen molar-refractivity contribution >= 4 is 40.9 Å². The second-order valence-electron chi connectivity index (χ2n) is 6.78. The fraction of sp³-hybridized carbons (Fsp3) is 0.167. The highest BCUT2D eigenvalue weighted by Gasteiger charge is 2.14. The average Bonchev–Trinajstić information content (AvgIpc) is 2.77. The van der Waals surface area contributed by atoms with Crippen LogP contribution in [0.15, 0.2) is 72.8 Å². The van der Waals surface area contributed by atoms with Crippen LogP contribution >= 0.6 is 23.4 Å². The van der Waals surface area contributed by atoms with Crippen molar-refractivity contribution in [3.05, 3.63) is 100 Å². The summed E-state index contributed by atoms with van der Waals surface area (Å²) in [5.41, 5.74) is 2.34. The summed E-state index contributed by atoms with van der Waals surface area (Å²) in [5, 5.41) is 5.99. The van der Waals surface area contributed by atoms with Crippen LogP contribution in [0, 0.1) is 5.82 Å². The number of hydrogen-bond donors (Lipinski definition) is 2. The number of carbonyl (C=O) groups is 2. The topological polar surface area (TPSA) is 58.2 Å². The van der Waals surface area contributed by atoms with Crippen LogP contribution in [0.4, 0.5) is 10.1 Å². The molecule has 0 saturated heterocycles. The number of nitrogens with one attached hydrogen (secondary N) is 2. The smallest absolute Gasteiger partial charge is 0.253 e. The Morgan fingerprint density at radius 3 is 2.45 bits per heavy atom. The molecule has 3 aromatic carbocycles. The Balaban J connectivity index is 1.52. The van der Waals surface area contributed by atoms with E-state index in [1.165, 1.54) is 17.8 Å². The molecule has 0 aliphatic rings. The Morgan fingerprint density at radius 1 is 0.935 bits per heavy atom. The van der Waals surface area contributed by atoms with Crippen molar-refractivity contribution in [1.82, 2.24) is 5.32 Å². The van der Waals surface area contributed by atoms with E-state index in [4.69, 9.17) is 11.6 Å². The van der Waals surface area contributed by atoms with Gasteiger partial charge in [0.25, 0.3) is 5.91 Å². The molecule has 2 amide bonds. The minimum atomic E-state index is -0.391. The summed E-state index contributed by atoms with van der Waals surface area (Å²) in [6.07, 6.45) is 0.719. The highest BCUT2D eigenvalue weighted by atomic mass is 35.5. The SMILES string of the molecule is O=C(CSCc1c(F)cccc1Cl)Nc1ccccc1C(=O)NCCc1ccccc1. The number of benzene rings is 3. The molecule has 0 fully saturated rings. The molecule has 0 radical (unpaired) electrons. The lowest BCUT2D eigenvalue weighted by atomic mass is 10.1. The van der Waals surface area contributed by atoms with E-state index in [-0.39, 0.29) is 23.3 Å². The van der Waals surface area contributed by atoms with Crippen molar-refractivity contribution in [1.29, 1.82) is 0 Å². The van der Waals surface area contributed by atoms with Crippen LogP contribution in [-0.4, -0.2) is 24.1 Å². The summed E-state index contributed by atoms with van der Waals surface area (Å²) in [6.45, 7) is 0.490. The Morgan fingerprint density at radius 2 is 1.68 bits per heavy atom. The second-order valence-corrected chi connectivity index (χ2v) is 8.17. The molecule has 3 rings (SSSR count). The molecular formula is C24H22ClFN2O2S. The summed E-state index contributed by atoms with van der Waals surface area (Å²) in [5.74, 6) is -0.535. The van der Waals surface area contributed by atoms with Gasteiger partial charge in [-0.1, -0.05) is 60.1 Å². The number of rotatable bonds is 9. The van der Waals surface area contributed by atoms with Gasteiger partial charge in [-0.25, -0.2) is 4.39 Å². The molecule has 4 nitrogen and oxygen atoms in total. The first kappa shape index (κ1) is 22.8. The normalized spacial score (nSPS) is 10.5. The number of para-hydroxylation sites is 1. The molecule has 0 aromatic heterocycles. The lowest BCUT2D eigenvalue weighted by Gasteiger charge is -2.12. The maximum absolute atomic E-state index is 13.8. The largest absolute Gasteiger partial charge is 0.352 e. The third kappa shape index (κ3) is 6.84. The third-order valence-electron chi connectivity index (χ3n) is 4.53. The van der Waals surface area contributed by atoms with E-state index in [2.05, 4.69) is 10.6 Å². The molecule has 0 unspecified atom stereocenters. The first-order valence-electron chi connectivity index (χ1n) is 9.76. The summed E-state index contributed by atoms with van der Waals surface area (Å²) in [7, 11) is 0. The maximum atomic E-state index is 13.8. The van der Waals surface area contributed by atoms with Gasteiger partial charge in [0.2, 0.25) is 5.91 Å². The molecule has 2 N–H and O–H groups in total. The van der Waals surface area contributed by atoms with Gasteiger partial charge in [0.1, 0.15) is 5.82 Å². The highest BCUT2D eigenvalue weighted by molar-refractivity contribution is 7.99. The van der Waals surface area contributed by atoms with E-state index in [0.717, 1.165) is 12.0 Å². The van der Waals surface area contributed by atoms with E-state index in [9.17, 15) is 14.0 Å². The molecule has 3 aromatic rings. The molecule has 0 spiro atoms. The van der Waals surface area contributed by atoms with Gasteiger partial charge in [0.15, 0.2) is 0 Å². The van der Waals surface area contributed by atoms with Gasteiger partial charge in [0.05, 0.1) is 17.0 Å². The molecule has 0 atom stereocenters. The highest BCUT2D eigenvalue weighted by Crippen LogP contribution is 2.24. The fourth-order valence-electron chi connectivity index (χ4n) is 2.95. The van der Waals surface area contributed by atoms with E-state index in [1.54, 1.807) is 36.4 Å². The first-order valence-corrected chi connectivity index (χ1v) is 11.3. The fourth-order valence-corrected chi connectivity index (χ4v) is 4.12. The maximum Gasteiger partial charge on any atom is 0.253 e. The van der Waals surface area contributed by atoms with Gasteiger partial charge in [0, 0.05) is 22.9 Å². The van der Waals surface area contributed by atoms with Crippen LogP contribution in [0.25, 0.3) is 0 Å². The van der Waals surface area contributed by atoms with Crippen LogP contribution in [0.2, 0.25) is 5.02 Å². The Labute approximate surface area is 190 Å². The monoisotopic (exact) mass is 456 g/mol. The summed E-state index contributed by atoms with van der Waals surface area (Å²) >= 11 is 7.26. The summed E-state index contributed by atoms with van der Waals surface area (Å²) in [4.78, 5) is 24.9. The number of hydrogen-bond acceptors (Lipinski definition) is 3. The Kier molecular flexibility index (Phi) is 8.50. The van der Waals surface area contributed by atoms with Crippen molar-refractivity contribution in [2.24, 2.45) is 0 Å². The molecule has 0 aliphatic carbocycles. The Hall–Kier alpha value is -2.83. The van der Waals surface area contributed by atoms with E-state index < -0.39 is 5.82 Å². The average molecular weight is 457 g/mol. The first-order chi connectivity index (χ1) is 15.0. The van der Waals surface area contributed by atoms with Gasteiger partial charge >= 0.3 is 0 Å². The third-order valence-corrected chi connectivity index (χ3v) is 5.84. The number of anilines is 1. The van der Waals surface area contributed by atoms with Crippen LogP contribution in [0.1, 0.15) is 21.5 Å². The van der Waals surface area contributed by atoms with E-state index in [0.29, 0.717) is 28.4 Å². The molecule has 160 valence electrons. The summed E-state index contributed by atoms with van der Waals surface area (Å²) < 4.78 is 13.8. The van der Waals surface area contributed by atoms with Crippen molar-refractivity contribution < 1.29 is 14.0 Å². The van der Waals surface area contributed by atoms with Gasteiger partial charge in [-0.05, 0) is 36.2 Å². The zero-order chi connectivity index (χ0) is 22.1. The summed E-state index contributed by atoms with van der Waals surface area (Å²) in [6, 6.07) is 21.2. The lowest BCUT2D eigenvalue weighted by Crippen LogP contribution is -2.27. The minimum absolute atomic E-state index is 0.106. The lowest BCUT2D eigenvalue weighted by molar-refractivity contribution is -0.113. The zero-order valence-electron chi connectivity index (χ0n) is 16.7. The Bertz CT molecular complexity index is 1030. The predicted molar refractivity (Wildman–Crippen MR) is 125 cm³/mol. The number of halogens is 2. The number of carbonyl (C=O) groups excluding carboxylic acids is 2. The molecule has 7 heteroatoms. The number of amides is 2. The van der Waals surface area contributed by atoms with Gasteiger partial charge in [-0.15, -0.1) is 11.8 Å². The van der Waals surface area contributed by atoms with E-state index in [1.807, 2.05) is 30.3 Å². The van der Waals surface area contributed by atoms with Crippen LogP contribution in [-0.2, 0) is 17.0 Å². The minimum Gasteiger partial charge on any atom is -0.352 e. The standard InChI is InChI=1S/C24H22ClFN2O2S/c25-20-10-6-11-21(26)19(20)15-31-16-23(29)28-22-12-5-4-9-18(22)24(30)27-14-13-17-7-2-1-3-8-17/h1-12H,13-16H2,(H,27,30)(H,28,29). The van der Waals surface area contributed by atoms with Crippen LogP contribution in [0.3, 0.4) is 0 Å². The van der Waals surface area contributed by atoms with E-state index >= 15 is 0 Å². The van der Waals surface area contributed by atoms with Gasteiger partial charge in [-0.3, -0.25) is 9.59 Å². The van der Waals surface area contributed by atoms with Gasteiger partial charge < -0.3 is 10.6 Å². The molecule has 0 aliphatic heterocycles. The molecular weight excluding hydrogens is 435 g/mol. The van der Waals surface area contributed by atoms with Crippen molar-refractivity contribution in [3.63, 3.8) is 0 Å². The van der Waals surface area contributed by atoms with Crippen molar-refractivity contribution in [2.75, 3.05) is 17.6 Å². The van der Waals surface area contributed by atoms with Crippen LogP contribution < -0.4 is 10.6 Å². The molecule has 0 heterocycles. The molecule has 0 bridgehead atoms. The predicted octanol–water partition coefficient (Wildman–Crippen LogP) is 5.32. The second kappa shape index (κ2) is 11.5.